The maximum atomic E-state index is 14.1. The van der Waals surface area contributed by atoms with Gasteiger partial charge < -0.3 is 16.0 Å². The zero-order valence-corrected chi connectivity index (χ0v) is 33.5. The standard InChI is InChI=1S/C39H47BrN6O5S2/c1-26(30-8-6-16-41-21-30)44-38(48)31-17-32(19-36(18-31)46(53(3,50)51)23-29-12-14-33(40)15-13-29)39(49)45-34(20-35-24-52-25-43-35)22-42-27(2)37(47)9-5-4-7-28-10-11-28/h6,8,12-19,21,24-28,34,42H,4-5,7,9-11,20,22-23H2,1-3H3,(H,44,48)(H,45,49)/t26?,27-,34-/m0/s1. The number of benzene rings is 2. The molecule has 5 rings (SSSR count). The Kier molecular flexibility index (Phi) is 14.3. The molecular formula is C39H47BrN6O5S2. The van der Waals surface area contributed by atoms with Crippen molar-refractivity contribution in [2.24, 2.45) is 5.92 Å². The number of carbonyl (C=O) groups excluding carboxylic acids is 3. The van der Waals surface area contributed by atoms with Crippen LogP contribution in [0.15, 0.2) is 82.4 Å². The molecule has 3 atom stereocenters. The second-order valence-corrected chi connectivity index (χ2v) is 17.3. The fraction of sp³-hybridized carbons (Fsp3) is 0.410. The van der Waals surface area contributed by atoms with Crippen LogP contribution in [0.5, 0.6) is 0 Å². The van der Waals surface area contributed by atoms with E-state index >= 15 is 0 Å². The van der Waals surface area contributed by atoms with Crippen LogP contribution in [0, 0.1) is 5.92 Å². The van der Waals surface area contributed by atoms with Crippen molar-refractivity contribution in [1.29, 1.82) is 0 Å². The SMILES string of the molecule is CC(NC(=O)c1cc(C(=O)N[C@H](CN[C@@H](C)C(=O)CCCCC2CC2)Cc2cscn2)cc(N(Cc2ccc(Br)cc2)S(C)(=O)=O)c1)c1cccnc1. The van der Waals surface area contributed by atoms with Crippen molar-refractivity contribution in [3.63, 3.8) is 0 Å². The van der Waals surface area contributed by atoms with Crippen LogP contribution in [0.25, 0.3) is 0 Å². The van der Waals surface area contributed by atoms with E-state index in [1.54, 1.807) is 36.1 Å². The summed E-state index contributed by atoms with van der Waals surface area (Å²) in [4.78, 5) is 49.3. The fourth-order valence-corrected chi connectivity index (χ4v) is 7.70. The summed E-state index contributed by atoms with van der Waals surface area (Å²) in [5.41, 5.74) is 4.39. The van der Waals surface area contributed by atoms with Crippen molar-refractivity contribution < 1.29 is 22.8 Å². The number of carbonyl (C=O) groups is 3. The third-order valence-electron chi connectivity index (χ3n) is 9.31. The molecule has 14 heteroatoms. The van der Waals surface area contributed by atoms with Gasteiger partial charge in [0.05, 0.1) is 41.8 Å². The van der Waals surface area contributed by atoms with Crippen LogP contribution in [0.1, 0.15) is 96.0 Å². The van der Waals surface area contributed by atoms with E-state index in [4.69, 9.17) is 0 Å². The molecule has 11 nitrogen and oxygen atoms in total. The summed E-state index contributed by atoms with van der Waals surface area (Å²) < 4.78 is 28.6. The predicted molar refractivity (Wildman–Crippen MR) is 212 cm³/mol. The smallest absolute Gasteiger partial charge is 0.251 e. The molecule has 4 aromatic rings. The molecule has 2 aromatic carbocycles. The Hall–Kier alpha value is -3.98. The van der Waals surface area contributed by atoms with Gasteiger partial charge in [0.15, 0.2) is 0 Å². The number of ketones is 1. The number of hydrogen-bond acceptors (Lipinski definition) is 9. The van der Waals surface area contributed by atoms with E-state index in [2.05, 4.69) is 41.8 Å². The van der Waals surface area contributed by atoms with Gasteiger partial charge in [-0.05, 0) is 73.7 Å². The number of hydrogen-bond donors (Lipinski definition) is 3. The number of unbranched alkanes of at least 4 members (excludes halogenated alkanes) is 1. The molecule has 0 saturated heterocycles. The molecule has 2 aromatic heterocycles. The average molecular weight is 824 g/mol. The van der Waals surface area contributed by atoms with Crippen LogP contribution < -0.4 is 20.3 Å². The van der Waals surface area contributed by atoms with E-state index in [0.717, 1.165) is 40.7 Å². The lowest BCUT2D eigenvalue weighted by atomic mass is 10.0. The van der Waals surface area contributed by atoms with E-state index < -0.39 is 40.0 Å². The van der Waals surface area contributed by atoms with Crippen molar-refractivity contribution in [2.75, 3.05) is 17.1 Å². The van der Waals surface area contributed by atoms with Crippen molar-refractivity contribution in [3.05, 3.63) is 110 Å². The maximum absolute atomic E-state index is 14.1. The summed E-state index contributed by atoms with van der Waals surface area (Å²) in [6.07, 6.45) is 11.1. The predicted octanol–water partition coefficient (Wildman–Crippen LogP) is 6.62. The summed E-state index contributed by atoms with van der Waals surface area (Å²) in [6.45, 7) is 3.94. The number of Topliss-reactive ketones (excluding diaryl/α,β-unsaturated/α-hetero) is 1. The first-order chi connectivity index (χ1) is 25.4. The first kappa shape index (κ1) is 40.2. The Balaban J connectivity index is 1.39. The Morgan fingerprint density at radius 3 is 2.34 bits per heavy atom. The largest absolute Gasteiger partial charge is 0.348 e. The fourth-order valence-electron chi connectivity index (χ4n) is 5.99. The number of halogens is 1. The van der Waals surface area contributed by atoms with Gasteiger partial charge >= 0.3 is 0 Å². The van der Waals surface area contributed by atoms with Gasteiger partial charge in [-0.15, -0.1) is 11.3 Å². The van der Waals surface area contributed by atoms with Gasteiger partial charge in [0.25, 0.3) is 11.8 Å². The zero-order chi connectivity index (χ0) is 38.0. The maximum Gasteiger partial charge on any atom is 0.251 e. The van der Waals surface area contributed by atoms with Crippen LogP contribution in [-0.4, -0.2) is 60.9 Å². The highest BCUT2D eigenvalue weighted by Crippen LogP contribution is 2.34. The Bertz CT molecular complexity index is 1940. The number of nitrogens with one attached hydrogen (secondary N) is 3. The normalized spacial score (nSPS) is 14.6. The van der Waals surface area contributed by atoms with E-state index in [9.17, 15) is 22.8 Å². The minimum Gasteiger partial charge on any atom is -0.348 e. The molecule has 1 saturated carbocycles. The minimum atomic E-state index is -3.87. The van der Waals surface area contributed by atoms with Crippen LogP contribution >= 0.6 is 27.3 Å². The first-order valence-electron chi connectivity index (χ1n) is 17.9. The van der Waals surface area contributed by atoms with Crippen molar-refractivity contribution in [3.8, 4) is 0 Å². The molecule has 282 valence electrons. The second kappa shape index (κ2) is 18.9. The molecule has 2 amide bonds. The Morgan fingerprint density at radius 1 is 1.00 bits per heavy atom. The molecule has 1 fully saturated rings. The highest BCUT2D eigenvalue weighted by molar-refractivity contribution is 9.10. The molecule has 1 unspecified atom stereocenters. The molecule has 1 aliphatic rings. The van der Waals surface area contributed by atoms with Gasteiger partial charge in [-0.2, -0.15) is 0 Å². The van der Waals surface area contributed by atoms with Gasteiger partial charge in [-0.3, -0.25) is 23.7 Å². The molecule has 1 aliphatic carbocycles. The highest BCUT2D eigenvalue weighted by Gasteiger charge is 2.25. The van der Waals surface area contributed by atoms with Crippen molar-refractivity contribution in [2.45, 2.75) is 83.5 Å². The number of pyridine rings is 1. The average Bonchev–Trinajstić information content (AvgIpc) is 3.83. The molecule has 0 aliphatic heterocycles. The lowest BCUT2D eigenvalue weighted by Gasteiger charge is -2.25. The topological polar surface area (TPSA) is 150 Å². The summed E-state index contributed by atoms with van der Waals surface area (Å²) in [6, 6.07) is 14.0. The first-order valence-corrected chi connectivity index (χ1v) is 21.5. The van der Waals surface area contributed by atoms with E-state index in [1.165, 1.54) is 53.1 Å². The van der Waals surface area contributed by atoms with Crippen LogP contribution in [-0.2, 0) is 27.8 Å². The van der Waals surface area contributed by atoms with E-state index in [0.29, 0.717) is 24.9 Å². The number of thiazole rings is 1. The second-order valence-electron chi connectivity index (χ2n) is 13.8. The Morgan fingerprint density at radius 2 is 1.72 bits per heavy atom. The molecule has 3 N–H and O–H groups in total. The van der Waals surface area contributed by atoms with Crippen molar-refractivity contribution in [1.82, 2.24) is 25.9 Å². The Labute approximate surface area is 324 Å². The third-order valence-corrected chi connectivity index (χ3v) is 11.6. The third kappa shape index (κ3) is 12.5. The zero-order valence-electron chi connectivity index (χ0n) is 30.3. The summed E-state index contributed by atoms with van der Waals surface area (Å²) in [5.74, 6) is -0.00723. The van der Waals surface area contributed by atoms with Gasteiger partial charge in [0.2, 0.25) is 10.0 Å². The van der Waals surface area contributed by atoms with Crippen LogP contribution in [0.4, 0.5) is 5.69 Å². The summed E-state index contributed by atoms with van der Waals surface area (Å²) >= 11 is 4.87. The van der Waals surface area contributed by atoms with Gasteiger partial charge in [0.1, 0.15) is 5.78 Å². The number of sulfonamides is 1. The van der Waals surface area contributed by atoms with Crippen LogP contribution in [0.3, 0.4) is 0 Å². The van der Waals surface area contributed by atoms with Gasteiger partial charge in [0, 0.05) is 58.8 Å². The molecule has 53 heavy (non-hydrogen) atoms. The molecule has 0 spiro atoms. The highest BCUT2D eigenvalue weighted by atomic mass is 79.9. The number of rotatable bonds is 20. The van der Waals surface area contributed by atoms with E-state index in [-0.39, 0.29) is 29.1 Å². The van der Waals surface area contributed by atoms with Gasteiger partial charge in [-0.1, -0.05) is 59.8 Å². The number of amides is 2. The lowest BCUT2D eigenvalue weighted by molar-refractivity contribution is -0.120. The molecule has 2 heterocycles. The molecule has 0 radical (unpaired) electrons. The monoisotopic (exact) mass is 822 g/mol. The summed E-state index contributed by atoms with van der Waals surface area (Å²) in [5, 5.41) is 11.2. The van der Waals surface area contributed by atoms with Gasteiger partial charge in [-0.25, -0.2) is 13.4 Å². The van der Waals surface area contributed by atoms with Crippen LogP contribution in [0.2, 0.25) is 0 Å². The minimum absolute atomic E-state index is 0.0206. The molecule has 0 bridgehead atoms. The number of anilines is 1. The number of aromatic nitrogens is 2. The van der Waals surface area contributed by atoms with E-state index in [1.807, 2.05) is 37.4 Å². The molecular weight excluding hydrogens is 777 g/mol. The summed E-state index contributed by atoms with van der Waals surface area (Å²) in [7, 11) is -3.87. The quantitative estimate of drug-likeness (QED) is 0.0843. The lowest BCUT2D eigenvalue weighted by Crippen LogP contribution is -2.47. The number of nitrogens with zero attached hydrogens (tertiary/aromatic N) is 3. The van der Waals surface area contributed by atoms with Crippen molar-refractivity contribution >= 4 is 60.6 Å².